The summed E-state index contributed by atoms with van der Waals surface area (Å²) in [5.41, 5.74) is 0. The fourth-order valence-corrected chi connectivity index (χ4v) is 1.64. The second-order valence-corrected chi connectivity index (χ2v) is 4.01. The van der Waals surface area contributed by atoms with Gasteiger partial charge in [0.15, 0.2) is 5.75 Å². The lowest BCUT2D eigenvalue weighted by molar-refractivity contribution is 0.342. The number of imidazole rings is 1. The van der Waals surface area contributed by atoms with Crippen LogP contribution in [0.5, 0.6) is 11.6 Å². The van der Waals surface area contributed by atoms with Gasteiger partial charge in [0, 0.05) is 12.4 Å². The Morgan fingerprint density at radius 2 is 1.57 bits per heavy atom. The molecule has 0 bridgehead atoms. The summed E-state index contributed by atoms with van der Waals surface area (Å²) in [5.74, 6) is 1.82. The number of rotatable bonds is 3. The Labute approximate surface area is 123 Å². The molecule has 0 saturated carbocycles. The van der Waals surface area contributed by atoms with Crippen LogP contribution in [0, 0.1) is 0 Å². The predicted octanol–water partition coefficient (Wildman–Crippen LogP) is 2.97. The average molecular weight is 283 g/mol. The number of hydrogen-bond acceptors (Lipinski definition) is 4. The first-order valence-electron chi connectivity index (χ1n) is 6.42. The molecule has 0 atom stereocenters. The van der Waals surface area contributed by atoms with Gasteiger partial charge in [-0.15, -0.1) is 0 Å². The van der Waals surface area contributed by atoms with Gasteiger partial charge >= 0.3 is 0 Å². The number of nitrogens with zero attached hydrogens (tertiary/aromatic N) is 3. The molecule has 0 fully saturated rings. The number of ether oxygens (including phenoxy) is 2. The van der Waals surface area contributed by atoms with Crippen molar-refractivity contribution in [2.24, 2.45) is 0 Å². The summed E-state index contributed by atoms with van der Waals surface area (Å²) in [5, 5.41) is 0. The second-order valence-electron chi connectivity index (χ2n) is 4.01. The Morgan fingerprint density at radius 3 is 2.05 bits per heavy atom. The van der Waals surface area contributed by atoms with Gasteiger partial charge in [-0.05, 0) is 12.1 Å². The summed E-state index contributed by atoms with van der Waals surface area (Å²) in [6, 6.07) is 15.6. The van der Waals surface area contributed by atoms with E-state index in [2.05, 4.69) is 9.97 Å². The van der Waals surface area contributed by atoms with Crippen molar-refractivity contribution in [3.05, 3.63) is 67.3 Å². The van der Waals surface area contributed by atoms with Crippen molar-refractivity contribution in [3.63, 3.8) is 0 Å². The molecule has 3 aromatic rings. The maximum atomic E-state index is 5.11. The minimum Gasteiger partial charge on any atom is -0.491 e. The average Bonchev–Trinajstić information content (AvgIpc) is 3.11. The van der Waals surface area contributed by atoms with Crippen LogP contribution in [0.2, 0.25) is 0 Å². The first kappa shape index (κ1) is 14.6. The van der Waals surface area contributed by atoms with E-state index in [0.29, 0.717) is 11.6 Å². The molecule has 0 saturated heterocycles. The largest absolute Gasteiger partial charge is 0.491 e. The van der Waals surface area contributed by atoms with Crippen molar-refractivity contribution in [1.82, 2.24) is 14.5 Å². The normalized spacial score (nSPS) is 9.43. The Hall–Kier alpha value is -2.82. The molecule has 0 amide bonds. The van der Waals surface area contributed by atoms with Gasteiger partial charge < -0.3 is 9.47 Å². The third-order valence-corrected chi connectivity index (χ3v) is 2.66. The summed E-state index contributed by atoms with van der Waals surface area (Å²) < 4.78 is 12.0. The van der Waals surface area contributed by atoms with Gasteiger partial charge in [0.25, 0.3) is 5.88 Å². The highest BCUT2D eigenvalue weighted by Crippen LogP contribution is 2.24. The standard InChI is InChI=1S/C10H11N3O2.C6H6/c1-14-8-3-4-9(12-10(8)15-2)13-6-5-11-7-13;1-2-4-6-5-3-1/h3-7H,1-2H3;1-6H. The first-order chi connectivity index (χ1) is 10.3. The highest BCUT2D eigenvalue weighted by Gasteiger charge is 2.06. The third-order valence-electron chi connectivity index (χ3n) is 2.66. The van der Waals surface area contributed by atoms with Gasteiger partial charge in [-0.3, -0.25) is 4.57 Å². The molecule has 2 aromatic heterocycles. The number of methoxy groups -OCH3 is 2. The van der Waals surface area contributed by atoms with Crippen molar-refractivity contribution < 1.29 is 9.47 Å². The molecule has 2 heterocycles. The quantitative estimate of drug-likeness (QED) is 0.741. The van der Waals surface area contributed by atoms with Crippen LogP contribution in [0.3, 0.4) is 0 Å². The van der Waals surface area contributed by atoms with Crippen LogP contribution in [0.4, 0.5) is 0 Å². The molecular weight excluding hydrogens is 266 g/mol. The molecule has 0 aliphatic heterocycles. The molecule has 5 nitrogen and oxygen atoms in total. The van der Waals surface area contributed by atoms with E-state index in [1.165, 1.54) is 0 Å². The second kappa shape index (κ2) is 7.69. The molecule has 0 aliphatic rings. The van der Waals surface area contributed by atoms with E-state index in [1.807, 2.05) is 48.7 Å². The van der Waals surface area contributed by atoms with Crippen LogP contribution >= 0.6 is 0 Å². The van der Waals surface area contributed by atoms with Crippen molar-refractivity contribution in [2.75, 3.05) is 14.2 Å². The number of hydrogen-bond donors (Lipinski definition) is 0. The zero-order chi connectivity index (χ0) is 14.9. The molecule has 0 radical (unpaired) electrons. The molecule has 0 unspecified atom stereocenters. The Bertz CT molecular complexity index is 613. The molecule has 0 spiro atoms. The van der Waals surface area contributed by atoms with Crippen molar-refractivity contribution >= 4 is 0 Å². The van der Waals surface area contributed by atoms with E-state index < -0.39 is 0 Å². The SMILES string of the molecule is COc1ccc(-n2ccnc2)nc1OC.c1ccccc1. The first-order valence-corrected chi connectivity index (χ1v) is 6.42. The van der Waals surface area contributed by atoms with Crippen LogP contribution in [0.1, 0.15) is 0 Å². The zero-order valence-electron chi connectivity index (χ0n) is 12.0. The smallest absolute Gasteiger partial charge is 0.258 e. The fourth-order valence-electron chi connectivity index (χ4n) is 1.64. The van der Waals surface area contributed by atoms with Gasteiger partial charge in [-0.2, -0.15) is 4.98 Å². The van der Waals surface area contributed by atoms with Crippen LogP contribution in [-0.4, -0.2) is 28.8 Å². The van der Waals surface area contributed by atoms with Gasteiger partial charge in [-0.1, -0.05) is 36.4 Å². The monoisotopic (exact) mass is 283 g/mol. The lowest BCUT2D eigenvalue weighted by atomic mass is 10.4. The minimum atomic E-state index is 0.462. The third kappa shape index (κ3) is 4.07. The zero-order valence-corrected chi connectivity index (χ0v) is 12.0. The van der Waals surface area contributed by atoms with E-state index in [0.717, 1.165) is 5.82 Å². The maximum Gasteiger partial charge on any atom is 0.258 e. The van der Waals surface area contributed by atoms with Gasteiger partial charge in [0.05, 0.1) is 14.2 Å². The van der Waals surface area contributed by atoms with E-state index >= 15 is 0 Å². The molecule has 3 rings (SSSR count). The van der Waals surface area contributed by atoms with E-state index in [-0.39, 0.29) is 0 Å². The van der Waals surface area contributed by atoms with Crippen LogP contribution in [0.25, 0.3) is 5.82 Å². The van der Waals surface area contributed by atoms with Crippen LogP contribution in [0.15, 0.2) is 67.3 Å². The Balaban J connectivity index is 0.000000225. The fraction of sp³-hybridized carbons (Fsp3) is 0.125. The van der Waals surface area contributed by atoms with Crippen molar-refractivity contribution in [1.29, 1.82) is 0 Å². The summed E-state index contributed by atoms with van der Waals surface area (Å²) in [6.45, 7) is 0. The summed E-state index contributed by atoms with van der Waals surface area (Å²) >= 11 is 0. The molecular formula is C16H17N3O2. The molecule has 21 heavy (non-hydrogen) atoms. The summed E-state index contributed by atoms with van der Waals surface area (Å²) in [6.07, 6.45) is 5.18. The highest BCUT2D eigenvalue weighted by molar-refractivity contribution is 5.39. The van der Waals surface area contributed by atoms with E-state index in [4.69, 9.17) is 9.47 Å². The van der Waals surface area contributed by atoms with Gasteiger partial charge in [0.2, 0.25) is 0 Å². The summed E-state index contributed by atoms with van der Waals surface area (Å²) in [4.78, 5) is 8.23. The molecule has 108 valence electrons. The maximum absolute atomic E-state index is 5.11. The van der Waals surface area contributed by atoms with Gasteiger partial charge in [0.1, 0.15) is 12.1 Å². The highest BCUT2D eigenvalue weighted by atomic mass is 16.5. The number of pyridine rings is 1. The molecule has 5 heteroatoms. The summed E-state index contributed by atoms with van der Waals surface area (Å²) in [7, 11) is 3.14. The topological polar surface area (TPSA) is 49.2 Å². The Morgan fingerprint density at radius 1 is 0.905 bits per heavy atom. The Kier molecular flexibility index (Phi) is 5.34. The predicted molar refractivity (Wildman–Crippen MR) is 80.9 cm³/mol. The molecule has 1 aromatic carbocycles. The molecule has 0 aliphatic carbocycles. The van der Waals surface area contributed by atoms with Crippen molar-refractivity contribution in [3.8, 4) is 17.4 Å². The molecule has 0 N–H and O–H groups in total. The van der Waals surface area contributed by atoms with Gasteiger partial charge in [-0.25, -0.2) is 4.98 Å². The number of benzene rings is 1. The van der Waals surface area contributed by atoms with Crippen LogP contribution in [-0.2, 0) is 0 Å². The van der Waals surface area contributed by atoms with Crippen molar-refractivity contribution in [2.45, 2.75) is 0 Å². The number of aromatic nitrogens is 3. The lowest BCUT2D eigenvalue weighted by Crippen LogP contribution is -1.99. The van der Waals surface area contributed by atoms with E-state index in [9.17, 15) is 0 Å². The van der Waals surface area contributed by atoms with Crippen LogP contribution < -0.4 is 9.47 Å². The van der Waals surface area contributed by atoms with E-state index in [1.54, 1.807) is 37.4 Å². The lowest BCUT2D eigenvalue weighted by Gasteiger charge is -2.08. The minimum absolute atomic E-state index is 0.462.